The Labute approximate surface area is 194 Å². The molecule has 0 radical (unpaired) electrons. The predicted octanol–water partition coefficient (Wildman–Crippen LogP) is 5.07. The second-order valence-corrected chi connectivity index (χ2v) is 8.48. The van der Waals surface area contributed by atoms with Crippen LogP contribution in [0.5, 0.6) is 11.5 Å². The molecule has 1 amide bonds. The van der Waals surface area contributed by atoms with Crippen LogP contribution in [0.2, 0.25) is 10.0 Å². The van der Waals surface area contributed by atoms with Crippen molar-refractivity contribution in [2.75, 3.05) is 6.54 Å². The number of fused-ring (bicyclic) bond motifs is 1. The normalized spacial score (nSPS) is 13.3. The maximum absolute atomic E-state index is 13.1. The Morgan fingerprint density at radius 3 is 2.84 bits per heavy atom. The average molecular weight is 468 g/mol. The van der Waals surface area contributed by atoms with Gasteiger partial charge in [0.2, 0.25) is 0 Å². The van der Waals surface area contributed by atoms with Crippen LogP contribution in [-0.2, 0) is 6.42 Å². The highest BCUT2D eigenvalue weighted by Gasteiger charge is 2.24. The number of aromatic nitrogens is 4. The number of benzene rings is 2. The quantitative estimate of drug-likeness (QED) is 0.410. The topological polar surface area (TPSA) is 81.4 Å². The molecule has 5 rings (SSSR count). The first-order valence-electron chi connectivity index (χ1n) is 10.3. The summed E-state index contributed by atoms with van der Waals surface area (Å²) >= 11 is 12.2. The van der Waals surface area contributed by atoms with Crippen molar-refractivity contribution in [3.05, 3.63) is 81.9 Å². The van der Waals surface area contributed by atoms with Crippen molar-refractivity contribution in [3.8, 4) is 11.5 Å². The molecule has 1 aliphatic carbocycles. The van der Waals surface area contributed by atoms with E-state index >= 15 is 0 Å². The smallest absolute Gasteiger partial charge is 0.274 e. The van der Waals surface area contributed by atoms with Crippen LogP contribution in [-0.4, -0.2) is 32.0 Å². The Morgan fingerprint density at radius 1 is 1.16 bits per heavy atom. The van der Waals surface area contributed by atoms with Crippen LogP contribution in [0.1, 0.15) is 40.4 Å². The molecule has 0 unspecified atom stereocenters. The zero-order valence-electron chi connectivity index (χ0n) is 17.0. The Kier molecular flexibility index (Phi) is 5.68. The Bertz CT molecular complexity index is 1300. The van der Waals surface area contributed by atoms with Crippen LogP contribution in [0.15, 0.2) is 55.0 Å². The van der Waals surface area contributed by atoms with Crippen molar-refractivity contribution in [1.82, 2.24) is 24.9 Å². The molecule has 1 N–H and O–H groups in total. The highest BCUT2D eigenvalue weighted by atomic mass is 35.5. The molecule has 1 aliphatic rings. The standard InChI is InChI=1S/C23H19Cl2N5O2/c24-17-7-6-15(19(25)11-17)8-9-26-22(31)21-20(12-27-23-28-13-29-30(21)23)32-18-3-1-2-16(10-18)14-4-5-14/h1-3,6-7,10-14H,4-5,8-9H2,(H,26,31). The van der Waals surface area contributed by atoms with Gasteiger partial charge in [-0.3, -0.25) is 4.79 Å². The first kappa shape index (κ1) is 20.7. The molecule has 2 aromatic heterocycles. The molecule has 1 saturated carbocycles. The van der Waals surface area contributed by atoms with Crippen LogP contribution in [0.25, 0.3) is 5.78 Å². The maximum Gasteiger partial charge on any atom is 0.274 e. The van der Waals surface area contributed by atoms with Gasteiger partial charge in [0.05, 0.1) is 6.20 Å². The van der Waals surface area contributed by atoms with Crippen molar-refractivity contribution in [1.29, 1.82) is 0 Å². The van der Waals surface area contributed by atoms with Crippen molar-refractivity contribution >= 4 is 34.9 Å². The Morgan fingerprint density at radius 2 is 2.03 bits per heavy atom. The van der Waals surface area contributed by atoms with Gasteiger partial charge in [0.1, 0.15) is 12.1 Å². The summed E-state index contributed by atoms with van der Waals surface area (Å²) in [7, 11) is 0. The van der Waals surface area contributed by atoms with Crippen molar-refractivity contribution < 1.29 is 9.53 Å². The summed E-state index contributed by atoms with van der Waals surface area (Å²) in [5.74, 6) is 1.52. The van der Waals surface area contributed by atoms with Crippen LogP contribution < -0.4 is 10.1 Å². The van der Waals surface area contributed by atoms with E-state index in [4.69, 9.17) is 27.9 Å². The average Bonchev–Trinajstić information content (AvgIpc) is 3.53. The van der Waals surface area contributed by atoms with Gasteiger partial charge in [-0.05, 0) is 60.6 Å². The van der Waals surface area contributed by atoms with E-state index in [0.717, 1.165) is 5.56 Å². The molecule has 9 heteroatoms. The number of amides is 1. The van der Waals surface area contributed by atoms with Gasteiger partial charge in [-0.1, -0.05) is 41.4 Å². The summed E-state index contributed by atoms with van der Waals surface area (Å²) < 4.78 is 7.46. The van der Waals surface area contributed by atoms with E-state index in [0.29, 0.717) is 46.2 Å². The zero-order valence-corrected chi connectivity index (χ0v) is 18.5. The molecule has 0 saturated heterocycles. The van der Waals surface area contributed by atoms with Crippen molar-refractivity contribution in [3.63, 3.8) is 0 Å². The molecule has 0 spiro atoms. The first-order valence-corrected chi connectivity index (χ1v) is 11.0. The molecule has 2 aromatic carbocycles. The molecule has 7 nitrogen and oxygen atoms in total. The van der Waals surface area contributed by atoms with Gasteiger partial charge in [0.15, 0.2) is 11.4 Å². The summed E-state index contributed by atoms with van der Waals surface area (Å²) in [5.41, 5.74) is 2.36. The number of ether oxygens (including phenoxy) is 1. The maximum atomic E-state index is 13.1. The molecule has 162 valence electrons. The second-order valence-electron chi connectivity index (χ2n) is 7.63. The van der Waals surface area contributed by atoms with Gasteiger partial charge in [-0.15, -0.1) is 0 Å². The van der Waals surface area contributed by atoms with Gasteiger partial charge < -0.3 is 10.1 Å². The molecule has 4 aromatic rings. The molecular formula is C23H19Cl2N5O2. The number of rotatable bonds is 7. The lowest BCUT2D eigenvalue weighted by Crippen LogP contribution is -2.28. The van der Waals surface area contributed by atoms with Crippen LogP contribution in [0.4, 0.5) is 0 Å². The zero-order chi connectivity index (χ0) is 22.1. The molecule has 1 fully saturated rings. The van der Waals surface area contributed by atoms with Crippen molar-refractivity contribution in [2.45, 2.75) is 25.2 Å². The highest BCUT2D eigenvalue weighted by Crippen LogP contribution is 2.41. The Hall–Kier alpha value is -3.16. The van der Waals surface area contributed by atoms with Gasteiger partial charge in [-0.2, -0.15) is 14.6 Å². The first-order chi connectivity index (χ1) is 15.6. The van der Waals surface area contributed by atoms with Gasteiger partial charge >= 0.3 is 0 Å². The summed E-state index contributed by atoms with van der Waals surface area (Å²) in [6, 6.07) is 13.2. The fraction of sp³-hybridized carbons (Fsp3) is 0.217. The summed E-state index contributed by atoms with van der Waals surface area (Å²) in [5, 5.41) is 8.20. The van der Waals surface area contributed by atoms with Crippen LogP contribution in [0.3, 0.4) is 0 Å². The molecule has 2 heterocycles. The van der Waals surface area contributed by atoms with E-state index in [2.05, 4.69) is 26.4 Å². The van der Waals surface area contributed by atoms with E-state index in [1.807, 2.05) is 24.3 Å². The van der Waals surface area contributed by atoms with Crippen LogP contribution in [0, 0.1) is 0 Å². The molecular weight excluding hydrogens is 449 g/mol. The van der Waals surface area contributed by atoms with Gasteiger partial charge in [0.25, 0.3) is 11.7 Å². The van der Waals surface area contributed by atoms with E-state index in [1.165, 1.54) is 35.4 Å². The SMILES string of the molecule is O=C(NCCc1ccc(Cl)cc1Cl)c1c(Oc2cccc(C3CC3)c2)cnc2ncnn12. The van der Waals surface area contributed by atoms with E-state index in [-0.39, 0.29) is 11.6 Å². The fourth-order valence-electron chi connectivity index (χ4n) is 3.54. The second kappa shape index (κ2) is 8.76. The molecule has 0 aliphatic heterocycles. The van der Waals surface area contributed by atoms with Crippen LogP contribution >= 0.6 is 23.2 Å². The lowest BCUT2D eigenvalue weighted by molar-refractivity contribution is 0.0943. The molecule has 0 atom stereocenters. The number of hydrogen-bond donors (Lipinski definition) is 1. The number of nitrogens with zero attached hydrogens (tertiary/aromatic N) is 4. The third-order valence-corrected chi connectivity index (χ3v) is 5.90. The molecule has 32 heavy (non-hydrogen) atoms. The van der Waals surface area contributed by atoms with E-state index in [9.17, 15) is 4.79 Å². The monoisotopic (exact) mass is 467 g/mol. The van der Waals surface area contributed by atoms with E-state index < -0.39 is 0 Å². The fourth-order valence-corrected chi connectivity index (χ4v) is 4.04. The summed E-state index contributed by atoms with van der Waals surface area (Å²) in [6.45, 7) is 0.370. The minimum Gasteiger partial charge on any atom is -0.453 e. The predicted molar refractivity (Wildman–Crippen MR) is 122 cm³/mol. The summed E-state index contributed by atoms with van der Waals surface area (Å²) in [4.78, 5) is 21.5. The minimum atomic E-state index is -0.346. The number of carbonyl (C=O) groups is 1. The van der Waals surface area contributed by atoms with E-state index in [1.54, 1.807) is 12.1 Å². The van der Waals surface area contributed by atoms with Gasteiger partial charge in [0, 0.05) is 16.6 Å². The number of hydrogen-bond acceptors (Lipinski definition) is 5. The lowest BCUT2D eigenvalue weighted by Gasteiger charge is -2.13. The minimum absolute atomic E-state index is 0.228. The Balaban J connectivity index is 1.37. The van der Waals surface area contributed by atoms with Crippen molar-refractivity contribution in [2.24, 2.45) is 0 Å². The molecule has 0 bridgehead atoms. The largest absolute Gasteiger partial charge is 0.453 e. The number of halogens is 2. The number of carbonyl (C=O) groups excluding carboxylic acids is 1. The summed E-state index contributed by atoms with van der Waals surface area (Å²) in [6.07, 6.45) is 5.79. The lowest BCUT2D eigenvalue weighted by atomic mass is 10.1. The third kappa shape index (κ3) is 4.40. The highest BCUT2D eigenvalue weighted by molar-refractivity contribution is 6.35. The van der Waals surface area contributed by atoms with Gasteiger partial charge in [-0.25, -0.2) is 4.98 Å². The number of nitrogens with one attached hydrogen (secondary N) is 1. The third-order valence-electron chi connectivity index (χ3n) is 5.32.